The highest BCUT2D eigenvalue weighted by Gasteiger charge is 2.17. The number of hydrogen-bond acceptors (Lipinski definition) is 4. The van der Waals surface area contributed by atoms with E-state index in [2.05, 4.69) is 58.5 Å². The summed E-state index contributed by atoms with van der Waals surface area (Å²) in [6.45, 7) is 8.79. The average molecular weight is 497 g/mol. The third-order valence-electron chi connectivity index (χ3n) is 4.87. The molecule has 2 heterocycles. The van der Waals surface area contributed by atoms with E-state index in [-0.39, 0.29) is 24.0 Å². The normalized spacial score (nSPS) is 17.8. The molecular weight excluding hydrogens is 465 g/mol. The molecule has 0 bridgehead atoms. The van der Waals surface area contributed by atoms with Crippen molar-refractivity contribution in [3.63, 3.8) is 0 Å². The summed E-state index contributed by atoms with van der Waals surface area (Å²) < 4.78 is 5.62. The Morgan fingerprint density at radius 1 is 1.29 bits per heavy atom. The molecule has 1 aliphatic rings. The highest BCUT2D eigenvalue weighted by Crippen LogP contribution is 2.19. The van der Waals surface area contributed by atoms with Crippen LogP contribution in [-0.2, 0) is 6.54 Å². The van der Waals surface area contributed by atoms with E-state index in [0.717, 1.165) is 36.9 Å². The zero-order valence-electron chi connectivity index (χ0n) is 17.1. The zero-order valence-corrected chi connectivity index (χ0v) is 19.4. The Labute approximate surface area is 185 Å². The first-order valence-electron chi connectivity index (χ1n) is 9.86. The van der Waals surface area contributed by atoms with Crippen molar-refractivity contribution < 1.29 is 4.42 Å². The monoisotopic (exact) mass is 497 g/mol. The van der Waals surface area contributed by atoms with Crippen molar-refractivity contribution in [1.82, 2.24) is 20.5 Å². The second-order valence-corrected chi connectivity index (χ2v) is 7.36. The predicted molar refractivity (Wildman–Crippen MR) is 125 cm³/mol. The van der Waals surface area contributed by atoms with Gasteiger partial charge in [-0.05, 0) is 58.3 Å². The Hall–Kier alpha value is -1.61. The van der Waals surface area contributed by atoms with Gasteiger partial charge < -0.3 is 20.0 Å². The number of nitrogens with one attached hydrogen (secondary N) is 2. The minimum atomic E-state index is 0. The van der Waals surface area contributed by atoms with Gasteiger partial charge in [-0.15, -0.1) is 24.0 Å². The summed E-state index contributed by atoms with van der Waals surface area (Å²) in [7, 11) is 2.20. The van der Waals surface area contributed by atoms with Crippen LogP contribution in [0.2, 0.25) is 0 Å². The summed E-state index contributed by atoms with van der Waals surface area (Å²) in [6, 6.07) is 8.18. The van der Waals surface area contributed by atoms with Crippen molar-refractivity contribution in [2.24, 2.45) is 10.9 Å². The number of aromatic nitrogens is 1. The van der Waals surface area contributed by atoms with Crippen LogP contribution in [0.4, 0.5) is 0 Å². The fourth-order valence-corrected chi connectivity index (χ4v) is 3.39. The third-order valence-corrected chi connectivity index (χ3v) is 4.87. The lowest BCUT2D eigenvalue weighted by molar-refractivity contribution is 0.210. The Kier molecular flexibility index (Phi) is 9.24. The predicted octanol–water partition coefficient (Wildman–Crippen LogP) is 3.66. The number of hydrogen-bond donors (Lipinski definition) is 2. The first-order chi connectivity index (χ1) is 13.1. The lowest BCUT2D eigenvalue weighted by atomic mass is 9.99. The number of halogens is 1. The number of benzene rings is 1. The van der Waals surface area contributed by atoms with Crippen LogP contribution < -0.4 is 10.6 Å². The molecule has 1 atom stereocenters. The molecule has 2 aromatic rings. The lowest BCUT2D eigenvalue weighted by Crippen LogP contribution is -2.43. The van der Waals surface area contributed by atoms with Crippen LogP contribution in [0.15, 0.2) is 39.9 Å². The lowest BCUT2D eigenvalue weighted by Gasteiger charge is -2.30. The molecule has 2 N–H and O–H groups in total. The van der Waals surface area contributed by atoms with Gasteiger partial charge in [-0.3, -0.25) is 0 Å². The third kappa shape index (κ3) is 6.77. The summed E-state index contributed by atoms with van der Waals surface area (Å²) in [5.74, 6) is 2.15. The van der Waals surface area contributed by atoms with Crippen LogP contribution in [0.5, 0.6) is 0 Å². The Bertz CT molecular complexity index is 744. The van der Waals surface area contributed by atoms with Crippen LogP contribution >= 0.6 is 24.0 Å². The summed E-state index contributed by atoms with van der Waals surface area (Å²) in [5.41, 5.74) is 3.04. The van der Waals surface area contributed by atoms with Crippen molar-refractivity contribution in [2.75, 3.05) is 33.2 Å². The second-order valence-electron chi connectivity index (χ2n) is 7.36. The molecular formula is C21H32IN5O. The minimum Gasteiger partial charge on any atom is -0.444 e. The highest BCUT2D eigenvalue weighted by atomic mass is 127. The molecule has 0 spiro atoms. The minimum absolute atomic E-state index is 0. The molecule has 0 aliphatic carbocycles. The zero-order chi connectivity index (χ0) is 19.1. The van der Waals surface area contributed by atoms with Crippen LogP contribution in [0, 0.1) is 12.8 Å². The van der Waals surface area contributed by atoms with Crippen LogP contribution in [0.3, 0.4) is 0 Å². The van der Waals surface area contributed by atoms with Crippen molar-refractivity contribution in [2.45, 2.75) is 33.2 Å². The SMILES string of the molecule is CCNC(=NCc1coc(-c2ccc(C)cc2)n1)NCC1CCCN(C)C1.I. The molecule has 1 unspecified atom stereocenters. The smallest absolute Gasteiger partial charge is 0.226 e. The molecule has 1 fully saturated rings. The van der Waals surface area contributed by atoms with E-state index in [4.69, 9.17) is 4.42 Å². The van der Waals surface area contributed by atoms with E-state index in [1.807, 2.05) is 12.1 Å². The molecule has 6 nitrogen and oxygen atoms in total. The molecule has 0 saturated carbocycles. The van der Waals surface area contributed by atoms with Gasteiger partial charge in [0.1, 0.15) is 12.0 Å². The van der Waals surface area contributed by atoms with Gasteiger partial charge in [0.2, 0.25) is 5.89 Å². The van der Waals surface area contributed by atoms with Gasteiger partial charge in [0.05, 0.1) is 6.54 Å². The fraction of sp³-hybridized carbons (Fsp3) is 0.524. The molecule has 154 valence electrons. The number of nitrogens with zero attached hydrogens (tertiary/aromatic N) is 3. The molecule has 3 rings (SSSR count). The number of rotatable bonds is 6. The summed E-state index contributed by atoms with van der Waals surface area (Å²) in [6.07, 6.45) is 4.25. The van der Waals surface area contributed by atoms with Gasteiger partial charge >= 0.3 is 0 Å². The van der Waals surface area contributed by atoms with E-state index in [1.54, 1.807) is 6.26 Å². The number of aryl methyl sites for hydroxylation is 1. The molecule has 0 radical (unpaired) electrons. The van der Waals surface area contributed by atoms with Crippen molar-refractivity contribution in [3.05, 3.63) is 41.8 Å². The van der Waals surface area contributed by atoms with E-state index in [1.165, 1.54) is 24.9 Å². The van der Waals surface area contributed by atoms with Gasteiger partial charge in [0.15, 0.2) is 5.96 Å². The Morgan fingerprint density at radius 3 is 2.79 bits per heavy atom. The van der Waals surface area contributed by atoms with Crippen molar-refractivity contribution in [1.29, 1.82) is 0 Å². The number of likely N-dealkylation sites (tertiary alicyclic amines) is 1. The summed E-state index contributed by atoms with van der Waals surface area (Å²) in [5, 5.41) is 6.79. The molecule has 1 aromatic heterocycles. The van der Waals surface area contributed by atoms with Crippen molar-refractivity contribution >= 4 is 29.9 Å². The molecule has 7 heteroatoms. The van der Waals surface area contributed by atoms with Crippen LogP contribution in [0.1, 0.15) is 31.0 Å². The maximum absolute atomic E-state index is 5.62. The van der Waals surface area contributed by atoms with Gasteiger partial charge in [0, 0.05) is 25.2 Å². The Morgan fingerprint density at radius 2 is 2.07 bits per heavy atom. The number of guanidine groups is 1. The van der Waals surface area contributed by atoms with Crippen LogP contribution in [0.25, 0.3) is 11.5 Å². The molecule has 1 saturated heterocycles. The standard InChI is InChI=1S/C21H31N5O.HI/c1-4-22-21(23-12-17-6-5-11-26(3)14-17)24-13-19-15-27-20(25-19)18-9-7-16(2)8-10-18;/h7-10,15,17H,4-6,11-14H2,1-3H3,(H2,22,23,24);1H. The molecule has 28 heavy (non-hydrogen) atoms. The van der Waals surface area contributed by atoms with E-state index < -0.39 is 0 Å². The molecule has 1 aliphatic heterocycles. The highest BCUT2D eigenvalue weighted by molar-refractivity contribution is 14.0. The van der Waals surface area contributed by atoms with E-state index >= 15 is 0 Å². The number of oxazole rings is 1. The van der Waals surface area contributed by atoms with Gasteiger partial charge in [0.25, 0.3) is 0 Å². The molecule has 0 amide bonds. The van der Waals surface area contributed by atoms with E-state index in [9.17, 15) is 0 Å². The van der Waals surface area contributed by atoms with Gasteiger partial charge in [-0.1, -0.05) is 17.7 Å². The first-order valence-corrected chi connectivity index (χ1v) is 9.86. The van der Waals surface area contributed by atoms with Gasteiger partial charge in [-0.2, -0.15) is 0 Å². The number of aliphatic imine (C=N–C) groups is 1. The topological polar surface area (TPSA) is 65.7 Å². The quantitative estimate of drug-likeness (QED) is 0.362. The summed E-state index contributed by atoms with van der Waals surface area (Å²) in [4.78, 5) is 11.6. The average Bonchev–Trinajstić information content (AvgIpc) is 3.14. The van der Waals surface area contributed by atoms with Crippen molar-refractivity contribution in [3.8, 4) is 11.5 Å². The Balaban J connectivity index is 0.00000280. The maximum Gasteiger partial charge on any atom is 0.226 e. The summed E-state index contributed by atoms with van der Waals surface area (Å²) >= 11 is 0. The molecule has 1 aromatic carbocycles. The van der Waals surface area contributed by atoms with E-state index in [0.29, 0.717) is 18.4 Å². The second kappa shape index (κ2) is 11.4. The first kappa shape index (κ1) is 22.7. The van der Waals surface area contributed by atoms with Crippen LogP contribution in [-0.4, -0.2) is 49.1 Å². The number of piperidine rings is 1. The van der Waals surface area contributed by atoms with Gasteiger partial charge in [-0.25, -0.2) is 9.98 Å². The maximum atomic E-state index is 5.62. The largest absolute Gasteiger partial charge is 0.444 e. The fourth-order valence-electron chi connectivity index (χ4n) is 3.39.